The van der Waals surface area contributed by atoms with Crippen molar-refractivity contribution in [3.05, 3.63) is 35.4 Å². The van der Waals surface area contributed by atoms with Crippen molar-refractivity contribution in [2.75, 3.05) is 13.1 Å². The average molecular weight is 302 g/mol. The minimum Gasteiger partial charge on any atom is -0.481 e. The predicted molar refractivity (Wildman–Crippen MR) is 82.4 cm³/mol. The summed E-state index contributed by atoms with van der Waals surface area (Å²) in [7, 11) is 0. The fourth-order valence-electron chi connectivity index (χ4n) is 3.91. The molecule has 2 aliphatic rings. The first-order chi connectivity index (χ1) is 10.5. The van der Waals surface area contributed by atoms with Gasteiger partial charge in [0.05, 0.1) is 5.41 Å². The van der Waals surface area contributed by atoms with Gasteiger partial charge in [0, 0.05) is 19.6 Å². The summed E-state index contributed by atoms with van der Waals surface area (Å²) in [5.74, 6) is -0.640. The first-order valence-electron chi connectivity index (χ1n) is 7.83. The van der Waals surface area contributed by atoms with Crippen LogP contribution >= 0.6 is 0 Å². The van der Waals surface area contributed by atoms with Gasteiger partial charge in [-0.05, 0) is 31.2 Å². The number of likely N-dealkylation sites (tertiary alicyclic amines) is 1. The molecule has 1 aliphatic carbocycles. The lowest BCUT2D eigenvalue weighted by Gasteiger charge is -2.23. The van der Waals surface area contributed by atoms with Crippen LogP contribution in [0.2, 0.25) is 0 Å². The number of carbonyl (C=O) groups excluding carboxylic acids is 1. The SMILES string of the molecule is Cc1cccc(CNC(=O)N2C[C@@H]3CCC[C@@]3(C(=O)O)C2)c1. The Kier molecular flexibility index (Phi) is 3.81. The number of fused-ring (bicyclic) bond motifs is 1. The number of aryl methyl sites for hydroxylation is 1. The van der Waals surface area contributed by atoms with Gasteiger partial charge in [0.1, 0.15) is 0 Å². The average Bonchev–Trinajstić information content (AvgIpc) is 3.02. The second-order valence-electron chi connectivity index (χ2n) is 6.58. The van der Waals surface area contributed by atoms with Crippen molar-refractivity contribution in [1.29, 1.82) is 0 Å². The maximum absolute atomic E-state index is 12.3. The molecule has 3 rings (SSSR count). The van der Waals surface area contributed by atoms with Crippen LogP contribution < -0.4 is 5.32 Å². The Bertz CT molecular complexity index is 601. The lowest BCUT2D eigenvalue weighted by atomic mass is 9.81. The zero-order valence-electron chi connectivity index (χ0n) is 12.8. The summed E-state index contributed by atoms with van der Waals surface area (Å²) in [6.07, 6.45) is 2.55. The molecule has 5 nitrogen and oxygen atoms in total. The van der Waals surface area contributed by atoms with Gasteiger partial charge >= 0.3 is 12.0 Å². The van der Waals surface area contributed by atoms with Gasteiger partial charge in [-0.15, -0.1) is 0 Å². The number of urea groups is 1. The Morgan fingerprint density at radius 2 is 2.27 bits per heavy atom. The third-order valence-electron chi connectivity index (χ3n) is 5.11. The molecule has 0 radical (unpaired) electrons. The highest BCUT2D eigenvalue weighted by Gasteiger charge is 2.55. The fraction of sp³-hybridized carbons (Fsp3) is 0.529. The van der Waals surface area contributed by atoms with Gasteiger partial charge in [0.25, 0.3) is 0 Å². The highest BCUT2D eigenvalue weighted by atomic mass is 16.4. The van der Waals surface area contributed by atoms with E-state index in [-0.39, 0.29) is 11.9 Å². The summed E-state index contributed by atoms with van der Waals surface area (Å²) in [5, 5.41) is 12.5. The van der Waals surface area contributed by atoms with E-state index in [1.54, 1.807) is 4.90 Å². The summed E-state index contributed by atoms with van der Waals surface area (Å²) < 4.78 is 0. The molecule has 2 N–H and O–H groups in total. The second-order valence-corrected chi connectivity index (χ2v) is 6.58. The lowest BCUT2D eigenvalue weighted by molar-refractivity contribution is -0.149. The van der Waals surface area contributed by atoms with Crippen molar-refractivity contribution in [1.82, 2.24) is 10.2 Å². The number of benzene rings is 1. The van der Waals surface area contributed by atoms with Gasteiger partial charge < -0.3 is 15.3 Å². The van der Waals surface area contributed by atoms with Gasteiger partial charge in [0.2, 0.25) is 0 Å². The number of carboxylic acids is 1. The number of hydrogen-bond acceptors (Lipinski definition) is 2. The number of rotatable bonds is 3. The van der Waals surface area contributed by atoms with E-state index < -0.39 is 11.4 Å². The predicted octanol–water partition coefficient (Wildman–Crippen LogP) is 2.39. The zero-order valence-corrected chi connectivity index (χ0v) is 12.8. The normalized spacial score (nSPS) is 26.8. The van der Waals surface area contributed by atoms with Crippen LogP contribution in [-0.2, 0) is 11.3 Å². The number of carbonyl (C=O) groups is 2. The smallest absolute Gasteiger partial charge is 0.317 e. The standard InChI is InChI=1S/C17H22N2O3/c1-12-4-2-5-13(8-12)9-18-16(22)19-10-14-6-3-7-17(14,11-19)15(20)21/h2,4-5,8,14H,3,6-7,9-11H2,1H3,(H,18,22)(H,20,21)/t14-,17+/m0/s1. The molecule has 0 unspecified atom stereocenters. The third-order valence-corrected chi connectivity index (χ3v) is 5.11. The molecule has 5 heteroatoms. The number of nitrogens with one attached hydrogen (secondary N) is 1. The minimum atomic E-state index is -0.746. The van der Waals surface area contributed by atoms with Crippen molar-refractivity contribution in [2.45, 2.75) is 32.7 Å². The Morgan fingerprint density at radius 1 is 1.45 bits per heavy atom. The third kappa shape index (κ3) is 2.56. The molecular weight excluding hydrogens is 280 g/mol. The molecule has 1 heterocycles. The van der Waals surface area contributed by atoms with E-state index >= 15 is 0 Å². The molecule has 2 atom stereocenters. The zero-order chi connectivity index (χ0) is 15.7. The van der Waals surface area contributed by atoms with Crippen LogP contribution in [0, 0.1) is 18.3 Å². The number of aliphatic carboxylic acids is 1. The molecule has 0 spiro atoms. The summed E-state index contributed by atoms with van der Waals surface area (Å²) in [6, 6.07) is 7.85. The van der Waals surface area contributed by atoms with Crippen LogP contribution in [0.4, 0.5) is 4.79 Å². The van der Waals surface area contributed by atoms with Gasteiger partial charge in [0.15, 0.2) is 0 Å². The largest absolute Gasteiger partial charge is 0.481 e. The van der Waals surface area contributed by atoms with E-state index in [2.05, 4.69) is 5.32 Å². The van der Waals surface area contributed by atoms with Gasteiger partial charge in [-0.25, -0.2) is 4.79 Å². The molecule has 0 aromatic heterocycles. The number of amides is 2. The van der Waals surface area contributed by atoms with Crippen LogP contribution in [0.1, 0.15) is 30.4 Å². The molecular formula is C17H22N2O3. The quantitative estimate of drug-likeness (QED) is 0.900. The minimum absolute atomic E-state index is 0.106. The number of carboxylic acid groups (broad SMARTS) is 1. The fourth-order valence-corrected chi connectivity index (χ4v) is 3.91. The van der Waals surface area contributed by atoms with E-state index in [1.807, 2.05) is 31.2 Å². The van der Waals surface area contributed by atoms with E-state index in [4.69, 9.17) is 0 Å². The summed E-state index contributed by atoms with van der Waals surface area (Å²) in [6.45, 7) is 3.39. The van der Waals surface area contributed by atoms with Gasteiger partial charge in [-0.3, -0.25) is 4.79 Å². The summed E-state index contributed by atoms with van der Waals surface area (Å²) >= 11 is 0. The highest BCUT2D eigenvalue weighted by molar-refractivity contribution is 5.80. The molecule has 1 aromatic carbocycles. The van der Waals surface area contributed by atoms with Crippen molar-refractivity contribution in [3.8, 4) is 0 Å². The van der Waals surface area contributed by atoms with Crippen LogP contribution in [-0.4, -0.2) is 35.1 Å². The highest BCUT2D eigenvalue weighted by Crippen LogP contribution is 2.48. The Balaban J connectivity index is 1.61. The molecule has 1 aromatic rings. The number of hydrogen-bond donors (Lipinski definition) is 2. The summed E-state index contributed by atoms with van der Waals surface area (Å²) in [4.78, 5) is 25.6. The molecule has 1 saturated carbocycles. The Morgan fingerprint density at radius 3 is 2.95 bits per heavy atom. The molecule has 0 bridgehead atoms. The van der Waals surface area contributed by atoms with E-state index in [0.29, 0.717) is 26.1 Å². The molecule has 22 heavy (non-hydrogen) atoms. The van der Waals surface area contributed by atoms with E-state index in [0.717, 1.165) is 24.0 Å². The monoisotopic (exact) mass is 302 g/mol. The van der Waals surface area contributed by atoms with Crippen LogP contribution in [0.3, 0.4) is 0 Å². The lowest BCUT2D eigenvalue weighted by Crippen LogP contribution is -2.41. The second kappa shape index (κ2) is 5.63. The van der Waals surface area contributed by atoms with E-state index in [1.165, 1.54) is 0 Å². The topological polar surface area (TPSA) is 69.6 Å². The van der Waals surface area contributed by atoms with Crippen molar-refractivity contribution in [3.63, 3.8) is 0 Å². The first-order valence-corrected chi connectivity index (χ1v) is 7.83. The van der Waals surface area contributed by atoms with Crippen LogP contribution in [0.15, 0.2) is 24.3 Å². The van der Waals surface area contributed by atoms with Crippen molar-refractivity contribution >= 4 is 12.0 Å². The van der Waals surface area contributed by atoms with Gasteiger partial charge in [-0.2, -0.15) is 0 Å². The van der Waals surface area contributed by atoms with Crippen LogP contribution in [0.5, 0.6) is 0 Å². The number of nitrogens with zero attached hydrogens (tertiary/aromatic N) is 1. The maximum Gasteiger partial charge on any atom is 0.317 e. The molecule has 118 valence electrons. The summed E-state index contributed by atoms with van der Waals surface area (Å²) in [5.41, 5.74) is 1.51. The Labute approximate surface area is 130 Å². The van der Waals surface area contributed by atoms with Crippen molar-refractivity contribution < 1.29 is 14.7 Å². The van der Waals surface area contributed by atoms with E-state index in [9.17, 15) is 14.7 Å². The molecule has 1 aliphatic heterocycles. The van der Waals surface area contributed by atoms with Crippen molar-refractivity contribution in [2.24, 2.45) is 11.3 Å². The molecule has 2 amide bonds. The first kappa shape index (κ1) is 14.9. The Hall–Kier alpha value is -2.04. The molecule has 1 saturated heterocycles. The van der Waals surface area contributed by atoms with Crippen LogP contribution in [0.25, 0.3) is 0 Å². The van der Waals surface area contributed by atoms with Gasteiger partial charge in [-0.1, -0.05) is 36.2 Å². The molecule has 2 fully saturated rings. The maximum atomic E-state index is 12.3.